The number of nitrogens with two attached hydrogens (primary N) is 1. The maximum atomic E-state index is 12.4. The lowest BCUT2D eigenvalue weighted by Gasteiger charge is -2.62. The van der Waals surface area contributed by atoms with Gasteiger partial charge in [0, 0.05) is 12.5 Å². The molecular weight excluding hydrogens is 372 g/mol. The van der Waals surface area contributed by atoms with Gasteiger partial charge in [-0.2, -0.15) is 5.10 Å². The molecule has 1 heterocycles. The fourth-order valence-electron chi connectivity index (χ4n) is 4.48. The van der Waals surface area contributed by atoms with Crippen molar-refractivity contribution in [1.82, 2.24) is 9.78 Å². The molecule has 1 aromatic rings. The van der Waals surface area contributed by atoms with Crippen molar-refractivity contribution in [1.29, 1.82) is 0 Å². The summed E-state index contributed by atoms with van der Waals surface area (Å²) in [5.74, 6) is 1.60. The Morgan fingerprint density at radius 1 is 1.50 bits per heavy atom. The Kier molecular flexibility index (Phi) is 4.49. The molecule has 3 aliphatic carbocycles. The zero-order chi connectivity index (χ0) is 17.6. The van der Waals surface area contributed by atoms with Crippen molar-refractivity contribution in [3.63, 3.8) is 0 Å². The van der Waals surface area contributed by atoms with E-state index in [-0.39, 0.29) is 18.5 Å². The van der Waals surface area contributed by atoms with Gasteiger partial charge in [-0.15, -0.1) is 0 Å². The van der Waals surface area contributed by atoms with Crippen LogP contribution in [-0.2, 0) is 11.3 Å². The number of aromatic nitrogens is 2. The molecule has 6 nitrogen and oxygen atoms in total. The van der Waals surface area contributed by atoms with Gasteiger partial charge in [-0.3, -0.25) is 9.59 Å². The highest BCUT2D eigenvalue weighted by Gasteiger charge is 2.56. The molecule has 3 fully saturated rings. The summed E-state index contributed by atoms with van der Waals surface area (Å²) in [5.41, 5.74) is 6.05. The van der Waals surface area contributed by atoms with E-state index in [9.17, 15) is 9.59 Å². The largest absolute Gasteiger partial charge is 0.380 e. The first-order chi connectivity index (χ1) is 11.2. The van der Waals surface area contributed by atoms with Crippen molar-refractivity contribution in [2.45, 2.75) is 52.6 Å². The molecule has 7 heteroatoms. The van der Waals surface area contributed by atoms with Crippen LogP contribution in [0, 0.1) is 23.2 Å². The lowest BCUT2D eigenvalue weighted by Crippen LogP contribution is -2.58. The van der Waals surface area contributed by atoms with Crippen LogP contribution in [0.4, 0.5) is 5.69 Å². The van der Waals surface area contributed by atoms with Crippen molar-refractivity contribution >= 4 is 27.5 Å². The molecule has 2 bridgehead atoms. The van der Waals surface area contributed by atoms with Gasteiger partial charge < -0.3 is 11.1 Å². The number of hydrogen-bond acceptors (Lipinski definition) is 4. The van der Waals surface area contributed by atoms with Crippen molar-refractivity contribution in [2.75, 3.05) is 5.32 Å². The van der Waals surface area contributed by atoms with Crippen LogP contribution in [0.3, 0.4) is 0 Å². The van der Waals surface area contributed by atoms with E-state index in [1.165, 1.54) is 11.1 Å². The molecule has 1 aromatic heterocycles. The summed E-state index contributed by atoms with van der Waals surface area (Å²) in [6.45, 7) is 7.24. The number of nitrogens with one attached hydrogen (secondary N) is 1. The number of hydrogen-bond donors (Lipinski definition) is 2. The highest BCUT2D eigenvalue weighted by atomic mass is 79.9. The Hall–Kier alpha value is -1.37. The van der Waals surface area contributed by atoms with Crippen molar-refractivity contribution in [3.05, 3.63) is 21.0 Å². The van der Waals surface area contributed by atoms with Gasteiger partial charge in [0.15, 0.2) is 0 Å². The maximum Gasteiger partial charge on any atom is 0.283 e. The zero-order valence-electron chi connectivity index (χ0n) is 14.4. The summed E-state index contributed by atoms with van der Waals surface area (Å²) >= 11 is 3.38. The van der Waals surface area contributed by atoms with Crippen LogP contribution < -0.4 is 16.6 Å². The van der Waals surface area contributed by atoms with Crippen molar-refractivity contribution in [2.24, 2.45) is 28.9 Å². The molecule has 0 unspecified atom stereocenters. The predicted octanol–water partition coefficient (Wildman–Crippen LogP) is 2.36. The summed E-state index contributed by atoms with van der Waals surface area (Å²) in [6.07, 6.45) is 4.21. The minimum atomic E-state index is -0.445. The molecule has 3 N–H and O–H groups in total. The average molecular weight is 397 g/mol. The highest BCUT2D eigenvalue weighted by Crippen LogP contribution is 2.61. The molecular formula is C17H25BrN4O2. The molecule has 3 aliphatic rings. The lowest BCUT2D eigenvalue weighted by molar-refractivity contribution is -0.118. The second-order valence-corrected chi connectivity index (χ2v) is 8.62. The van der Waals surface area contributed by atoms with Crippen molar-refractivity contribution in [3.8, 4) is 0 Å². The summed E-state index contributed by atoms with van der Waals surface area (Å²) in [4.78, 5) is 23.2. The van der Waals surface area contributed by atoms with E-state index in [0.29, 0.717) is 21.8 Å². The molecule has 4 rings (SSSR count). The number of aryl methyl sites for hydroxylation is 1. The van der Waals surface area contributed by atoms with E-state index in [2.05, 4.69) is 47.1 Å². The first-order valence-electron chi connectivity index (χ1n) is 8.52. The van der Waals surface area contributed by atoms with Crippen molar-refractivity contribution < 1.29 is 4.79 Å². The number of amides is 1. The van der Waals surface area contributed by atoms with E-state index >= 15 is 0 Å². The number of fused-ring (bicyclic) bond motifs is 2. The summed E-state index contributed by atoms with van der Waals surface area (Å²) in [5, 5.41) is 7.68. The number of carbonyl (C=O) groups is 1. The molecule has 0 aliphatic heterocycles. The molecule has 132 valence electrons. The molecule has 3 saturated carbocycles. The molecule has 0 radical (unpaired) electrons. The van der Waals surface area contributed by atoms with Crippen LogP contribution in [0.2, 0.25) is 0 Å². The van der Waals surface area contributed by atoms with Crippen LogP contribution in [0.25, 0.3) is 0 Å². The maximum absolute atomic E-state index is 12.4. The standard InChI is InChI=1S/C17H25BrN4O2/c1-9-11-6-10(17(11,2)3)7-12(9)21-13-8-20-22(5-4-14(19)23)16(24)15(13)18/h8-12,21H,4-7H2,1-3H3,(H2,19,23)/t9-,10-,11+,12-/m1/s1. The van der Waals surface area contributed by atoms with Gasteiger partial charge in [0.2, 0.25) is 5.91 Å². The van der Waals surface area contributed by atoms with E-state index < -0.39 is 5.91 Å². The Balaban J connectivity index is 1.74. The third-order valence-corrected chi connectivity index (χ3v) is 7.02. The van der Waals surface area contributed by atoms with Gasteiger partial charge in [0.1, 0.15) is 4.47 Å². The Morgan fingerprint density at radius 3 is 2.79 bits per heavy atom. The van der Waals surface area contributed by atoms with E-state index in [1.807, 2.05) is 0 Å². The number of nitrogens with zero attached hydrogens (tertiary/aromatic N) is 2. The molecule has 4 atom stereocenters. The number of halogens is 1. The topological polar surface area (TPSA) is 90.0 Å². The number of primary amides is 1. The minimum Gasteiger partial charge on any atom is -0.380 e. The Morgan fingerprint density at radius 2 is 2.21 bits per heavy atom. The first-order valence-corrected chi connectivity index (χ1v) is 9.31. The smallest absolute Gasteiger partial charge is 0.283 e. The van der Waals surface area contributed by atoms with Crippen LogP contribution >= 0.6 is 15.9 Å². The molecule has 1 amide bonds. The van der Waals surface area contributed by atoms with Gasteiger partial charge in [0.05, 0.1) is 18.4 Å². The summed E-state index contributed by atoms with van der Waals surface area (Å²) < 4.78 is 1.73. The first kappa shape index (κ1) is 17.5. The molecule has 0 aromatic carbocycles. The predicted molar refractivity (Wildman–Crippen MR) is 96.6 cm³/mol. The van der Waals surface area contributed by atoms with Crippen LogP contribution in [0.1, 0.15) is 40.0 Å². The van der Waals surface area contributed by atoms with Gasteiger partial charge in [-0.05, 0) is 51.9 Å². The number of carbonyl (C=O) groups excluding carboxylic acids is 1. The molecule has 0 spiro atoms. The molecule has 0 saturated heterocycles. The third kappa shape index (κ3) is 2.87. The number of rotatable bonds is 5. The zero-order valence-corrected chi connectivity index (χ0v) is 16.0. The monoisotopic (exact) mass is 396 g/mol. The van der Waals surface area contributed by atoms with Crippen LogP contribution in [0.5, 0.6) is 0 Å². The fraction of sp³-hybridized carbons (Fsp3) is 0.706. The number of anilines is 1. The van der Waals surface area contributed by atoms with E-state index in [0.717, 1.165) is 23.9 Å². The Labute approximate surface area is 150 Å². The van der Waals surface area contributed by atoms with Gasteiger partial charge >= 0.3 is 0 Å². The second kappa shape index (κ2) is 6.17. The Bertz CT molecular complexity index is 715. The van der Waals surface area contributed by atoms with Gasteiger partial charge in [-0.25, -0.2) is 4.68 Å². The SMILES string of the molecule is C[C@H]1[C@H](Nc2cnn(CCC(N)=O)c(=O)c2Br)C[C@H]2C[C@@H]1C2(C)C. The van der Waals surface area contributed by atoms with Crippen LogP contribution in [-0.4, -0.2) is 21.7 Å². The summed E-state index contributed by atoms with van der Waals surface area (Å²) in [7, 11) is 0. The van der Waals surface area contributed by atoms with Crippen LogP contribution in [0.15, 0.2) is 15.5 Å². The quantitative estimate of drug-likeness (QED) is 0.798. The van der Waals surface area contributed by atoms with Gasteiger partial charge in [-0.1, -0.05) is 20.8 Å². The second-order valence-electron chi connectivity index (χ2n) is 7.82. The minimum absolute atomic E-state index is 0.101. The van der Waals surface area contributed by atoms with Gasteiger partial charge in [0.25, 0.3) is 5.56 Å². The fourth-order valence-corrected chi connectivity index (χ4v) is 4.90. The lowest BCUT2D eigenvalue weighted by atomic mass is 9.45. The van der Waals surface area contributed by atoms with E-state index in [1.54, 1.807) is 6.20 Å². The third-order valence-electron chi connectivity index (χ3n) is 6.25. The molecule has 24 heavy (non-hydrogen) atoms. The normalized spacial score (nSPS) is 30.5. The van der Waals surface area contributed by atoms with E-state index in [4.69, 9.17) is 5.73 Å². The highest BCUT2D eigenvalue weighted by molar-refractivity contribution is 9.10. The average Bonchev–Trinajstić information content (AvgIpc) is 2.52. The summed E-state index contributed by atoms with van der Waals surface area (Å²) in [6, 6.07) is 0.362.